The van der Waals surface area contributed by atoms with Crippen LogP contribution in [-0.4, -0.2) is 60.3 Å². The first-order valence-electron chi connectivity index (χ1n) is 10.3. The quantitative estimate of drug-likeness (QED) is 0.602. The van der Waals surface area contributed by atoms with E-state index in [4.69, 9.17) is 5.11 Å². The minimum atomic E-state index is -0.934. The number of aromatic nitrogens is 4. The van der Waals surface area contributed by atoms with Crippen molar-refractivity contribution in [1.82, 2.24) is 25.1 Å². The van der Waals surface area contributed by atoms with Crippen LogP contribution in [0.1, 0.15) is 43.1 Å². The fraction of sp³-hybridized carbons (Fsp3) is 0.476. The molecule has 10 heteroatoms. The molecule has 1 saturated heterocycles. The second kappa shape index (κ2) is 9.27. The largest absolute Gasteiger partial charge is 0.481 e. The SMILES string of the molecule is O=C(O)CCn1nnnc1/C=C1\CN(C(C(=O)C2CC2)c2ccccc2F)CCC1S. The Labute approximate surface area is 184 Å². The summed E-state index contributed by atoms with van der Waals surface area (Å²) in [6.07, 6.45) is 4.10. The van der Waals surface area contributed by atoms with E-state index in [1.807, 2.05) is 4.90 Å². The third kappa shape index (κ3) is 5.01. The summed E-state index contributed by atoms with van der Waals surface area (Å²) in [4.78, 5) is 26.0. The van der Waals surface area contributed by atoms with Crippen LogP contribution in [0.15, 0.2) is 29.8 Å². The molecule has 0 bridgehead atoms. The lowest BCUT2D eigenvalue weighted by Gasteiger charge is -2.37. The maximum absolute atomic E-state index is 14.6. The minimum absolute atomic E-state index is 0.00548. The molecule has 0 amide bonds. The van der Waals surface area contributed by atoms with Gasteiger partial charge in [-0.15, -0.1) is 5.10 Å². The van der Waals surface area contributed by atoms with E-state index in [1.54, 1.807) is 24.3 Å². The smallest absolute Gasteiger partial charge is 0.305 e. The number of Topliss-reactive ketones (excluding diaryl/α,β-unsaturated/α-hetero) is 1. The Morgan fingerprint density at radius 1 is 1.29 bits per heavy atom. The van der Waals surface area contributed by atoms with Gasteiger partial charge in [0.2, 0.25) is 0 Å². The number of piperidine rings is 1. The topological polar surface area (TPSA) is 101 Å². The molecule has 4 rings (SSSR count). The van der Waals surface area contributed by atoms with Crippen LogP contribution in [0.5, 0.6) is 0 Å². The molecule has 0 spiro atoms. The van der Waals surface area contributed by atoms with Crippen molar-refractivity contribution in [3.63, 3.8) is 0 Å². The van der Waals surface area contributed by atoms with E-state index in [-0.39, 0.29) is 35.7 Å². The highest BCUT2D eigenvalue weighted by molar-refractivity contribution is 7.81. The molecule has 8 nitrogen and oxygen atoms in total. The number of hydrogen-bond acceptors (Lipinski definition) is 7. The zero-order chi connectivity index (χ0) is 22.0. The van der Waals surface area contributed by atoms with Gasteiger partial charge in [-0.3, -0.25) is 14.5 Å². The van der Waals surface area contributed by atoms with E-state index < -0.39 is 12.0 Å². The number of tetrazole rings is 1. The van der Waals surface area contributed by atoms with Gasteiger partial charge in [0.25, 0.3) is 0 Å². The lowest BCUT2D eigenvalue weighted by atomic mass is 9.93. The fourth-order valence-electron chi connectivity index (χ4n) is 3.91. The Balaban J connectivity index is 1.60. The summed E-state index contributed by atoms with van der Waals surface area (Å²) in [7, 11) is 0. The van der Waals surface area contributed by atoms with Crippen LogP contribution in [0, 0.1) is 11.7 Å². The number of likely N-dealkylation sites (tertiary alicyclic amines) is 1. The van der Waals surface area contributed by atoms with Gasteiger partial charge in [0.15, 0.2) is 11.6 Å². The highest BCUT2D eigenvalue weighted by atomic mass is 32.1. The fourth-order valence-corrected chi connectivity index (χ4v) is 4.19. The van der Waals surface area contributed by atoms with E-state index in [9.17, 15) is 14.0 Å². The van der Waals surface area contributed by atoms with Gasteiger partial charge >= 0.3 is 5.97 Å². The number of hydrogen-bond donors (Lipinski definition) is 2. The maximum Gasteiger partial charge on any atom is 0.305 e. The predicted octanol–water partition coefficient (Wildman–Crippen LogP) is 2.39. The number of carbonyl (C=O) groups excluding carboxylic acids is 1. The summed E-state index contributed by atoms with van der Waals surface area (Å²) in [6, 6.07) is 5.81. The van der Waals surface area contributed by atoms with Crippen LogP contribution >= 0.6 is 12.6 Å². The molecule has 2 aromatic rings. The summed E-state index contributed by atoms with van der Waals surface area (Å²) in [6.45, 7) is 1.20. The van der Waals surface area contributed by atoms with E-state index in [0.717, 1.165) is 18.4 Å². The number of nitrogens with zero attached hydrogens (tertiary/aromatic N) is 5. The molecule has 1 aliphatic heterocycles. The Morgan fingerprint density at radius 3 is 2.77 bits per heavy atom. The average molecular weight is 446 g/mol. The molecule has 1 aliphatic carbocycles. The van der Waals surface area contributed by atoms with Crippen LogP contribution in [0.4, 0.5) is 4.39 Å². The third-order valence-electron chi connectivity index (χ3n) is 5.73. The summed E-state index contributed by atoms with van der Waals surface area (Å²) in [5.74, 6) is -0.815. The Morgan fingerprint density at radius 2 is 2.06 bits per heavy atom. The summed E-state index contributed by atoms with van der Waals surface area (Å²) < 4.78 is 16.1. The van der Waals surface area contributed by atoms with Gasteiger partial charge in [0, 0.05) is 29.8 Å². The number of benzene rings is 1. The molecule has 2 aliphatic rings. The van der Waals surface area contributed by atoms with Crippen molar-refractivity contribution in [2.45, 2.75) is 43.5 Å². The molecule has 0 radical (unpaired) electrons. The summed E-state index contributed by atoms with van der Waals surface area (Å²) in [5.41, 5.74) is 1.31. The Hall–Kier alpha value is -2.59. The minimum Gasteiger partial charge on any atom is -0.481 e. The molecule has 2 atom stereocenters. The van der Waals surface area contributed by atoms with Gasteiger partial charge in [-0.1, -0.05) is 18.2 Å². The summed E-state index contributed by atoms with van der Waals surface area (Å²) >= 11 is 4.68. The molecule has 2 unspecified atom stereocenters. The first-order valence-corrected chi connectivity index (χ1v) is 10.8. The number of aryl methyl sites for hydroxylation is 1. The number of carboxylic acids is 1. The Bertz CT molecular complexity index is 1010. The molecule has 164 valence electrons. The number of ketones is 1. The highest BCUT2D eigenvalue weighted by Gasteiger charge is 2.40. The predicted molar refractivity (Wildman–Crippen MR) is 114 cm³/mol. The first-order chi connectivity index (χ1) is 14.9. The number of halogens is 1. The van der Waals surface area contributed by atoms with Crippen molar-refractivity contribution in [3.8, 4) is 0 Å². The van der Waals surface area contributed by atoms with Crippen LogP contribution in [0.3, 0.4) is 0 Å². The second-order valence-electron chi connectivity index (χ2n) is 8.00. The van der Waals surface area contributed by atoms with E-state index in [1.165, 1.54) is 10.7 Å². The zero-order valence-corrected chi connectivity index (χ0v) is 17.8. The van der Waals surface area contributed by atoms with Crippen LogP contribution in [-0.2, 0) is 16.1 Å². The van der Waals surface area contributed by atoms with E-state index in [0.29, 0.717) is 30.9 Å². The van der Waals surface area contributed by atoms with Gasteiger partial charge in [-0.25, -0.2) is 9.07 Å². The van der Waals surface area contributed by atoms with Crippen molar-refractivity contribution in [2.24, 2.45) is 5.92 Å². The van der Waals surface area contributed by atoms with Gasteiger partial charge in [0.1, 0.15) is 5.82 Å². The molecule has 1 aromatic heterocycles. The van der Waals surface area contributed by atoms with Crippen molar-refractivity contribution < 1.29 is 19.1 Å². The number of aliphatic carboxylic acids is 1. The molecule has 31 heavy (non-hydrogen) atoms. The first kappa shape index (κ1) is 21.6. The summed E-state index contributed by atoms with van der Waals surface area (Å²) in [5, 5.41) is 20.4. The standard InChI is InChI=1S/C21H24FN5O3S/c22-16-4-2-1-3-15(16)20(21(30)13-5-6-13)26-9-7-17(31)14(12-26)11-18-23-24-25-27(18)10-8-19(28)29/h1-4,11,13,17,20,31H,5-10,12H2,(H,28,29)/b14-11+. The van der Waals surface area contributed by atoms with E-state index >= 15 is 0 Å². The number of thiol groups is 1. The Kier molecular flexibility index (Phi) is 6.47. The van der Waals surface area contributed by atoms with Crippen molar-refractivity contribution in [3.05, 3.63) is 47.0 Å². The molecular weight excluding hydrogens is 421 g/mol. The molecule has 1 saturated carbocycles. The number of carbonyl (C=O) groups is 2. The lowest BCUT2D eigenvalue weighted by Crippen LogP contribution is -2.42. The van der Waals surface area contributed by atoms with Gasteiger partial charge in [0.05, 0.1) is 19.0 Å². The lowest BCUT2D eigenvalue weighted by molar-refractivity contribution is -0.137. The molecule has 1 N–H and O–H groups in total. The molecule has 1 aromatic carbocycles. The third-order valence-corrected chi connectivity index (χ3v) is 6.32. The van der Waals surface area contributed by atoms with Crippen LogP contribution in [0.2, 0.25) is 0 Å². The van der Waals surface area contributed by atoms with Gasteiger partial charge in [-0.2, -0.15) is 12.6 Å². The van der Waals surface area contributed by atoms with Crippen molar-refractivity contribution in [1.29, 1.82) is 0 Å². The zero-order valence-electron chi connectivity index (χ0n) is 16.9. The molecular formula is C21H24FN5O3S. The second-order valence-corrected chi connectivity index (χ2v) is 8.62. The monoisotopic (exact) mass is 445 g/mol. The van der Waals surface area contributed by atoms with E-state index in [2.05, 4.69) is 28.2 Å². The molecule has 2 heterocycles. The van der Waals surface area contributed by atoms with Crippen molar-refractivity contribution in [2.75, 3.05) is 13.1 Å². The van der Waals surface area contributed by atoms with Crippen LogP contribution < -0.4 is 0 Å². The van der Waals surface area contributed by atoms with Gasteiger partial charge < -0.3 is 5.11 Å². The van der Waals surface area contributed by atoms with Gasteiger partial charge in [-0.05, 0) is 47.4 Å². The highest BCUT2D eigenvalue weighted by Crippen LogP contribution is 2.39. The maximum atomic E-state index is 14.6. The normalized spacial score (nSPS) is 21.9. The average Bonchev–Trinajstić information content (AvgIpc) is 3.50. The van der Waals surface area contributed by atoms with Crippen molar-refractivity contribution >= 4 is 30.5 Å². The van der Waals surface area contributed by atoms with Crippen LogP contribution in [0.25, 0.3) is 6.08 Å². The molecule has 2 fully saturated rings. The number of carboxylic acid groups (broad SMARTS) is 1. The number of rotatable bonds is 8.